The molecule has 40 heavy (non-hydrogen) atoms. The van der Waals surface area contributed by atoms with Crippen LogP contribution in [0.1, 0.15) is 46.7 Å². The molecule has 10 heteroatoms. The van der Waals surface area contributed by atoms with Crippen LogP contribution in [-0.2, 0) is 4.74 Å². The van der Waals surface area contributed by atoms with Crippen molar-refractivity contribution in [3.63, 3.8) is 0 Å². The summed E-state index contributed by atoms with van der Waals surface area (Å²) in [6, 6.07) is 15.9. The van der Waals surface area contributed by atoms with Crippen LogP contribution in [-0.4, -0.2) is 56.8 Å². The lowest BCUT2D eigenvalue weighted by molar-refractivity contribution is 0.00593. The van der Waals surface area contributed by atoms with Crippen LogP contribution < -0.4 is 15.8 Å². The first-order valence-electron chi connectivity index (χ1n) is 13.0. The Labute approximate surface area is 245 Å². The molecular formula is C30H35Cl2F2N3O3. The van der Waals surface area contributed by atoms with Gasteiger partial charge < -0.3 is 25.4 Å². The number of nitrogen functional groups attached to an aromatic ring is 1. The van der Waals surface area contributed by atoms with Gasteiger partial charge in [0.2, 0.25) is 0 Å². The number of nitrogens with zero attached hydrogens (tertiary/aromatic N) is 1. The third kappa shape index (κ3) is 7.85. The van der Waals surface area contributed by atoms with Crippen LogP contribution in [0.15, 0.2) is 60.7 Å². The van der Waals surface area contributed by atoms with Crippen molar-refractivity contribution in [3.8, 4) is 5.75 Å². The summed E-state index contributed by atoms with van der Waals surface area (Å²) in [7, 11) is 3.12. The number of piperidine rings is 1. The Balaban J connectivity index is 0.00000441. The number of nitrogens with one attached hydrogen (secondary N) is 1. The number of hydrogen-bond acceptors (Lipinski definition) is 5. The van der Waals surface area contributed by atoms with Gasteiger partial charge >= 0.3 is 0 Å². The standard InChI is InChI=1S/C30H34ClF2N3O3.ClH/c1-38-28-17-26(34)25(31)16-24(28)30(37)35-27-13-15-36(18-29(27)39-2)14-3-4-23(19-5-9-21(32)10-6-19)20-7-11-22(33)12-8-20;/h5-12,16-17,23,27,29H,3-4,13-15,18,34H2,1-2H3,(H,35,37);1H/t27-,29+;/m1./s1. The summed E-state index contributed by atoms with van der Waals surface area (Å²) in [6.45, 7) is 2.29. The molecule has 3 aromatic rings. The number of carbonyl (C=O) groups excluding carboxylic acids is 1. The van der Waals surface area contributed by atoms with Gasteiger partial charge in [0.15, 0.2) is 0 Å². The van der Waals surface area contributed by atoms with Crippen molar-refractivity contribution in [2.45, 2.75) is 37.3 Å². The lowest BCUT2D eigenvalue weighted by atomic mass is 9.87. The quantitative estimate of drug-likeness (QED) is 0.279. The lowest BCUT2D eigenvalue weighted by Gasteiger charge is -2.38. The number of methoxy groups -OCH3 is 2. The maximum atomic E-state index is 13.5. The average Bonchev–Trinajstić information content (AvgIpc) is 2.94. The minimum absolute atomic E-state index is 0. The monoisotopic (exact) mass is 593 g/mol. The fraction of sp³-hybridized carbons (Fsp3) is 0.367. The number of hydrogen-bond donors (Lipinski definition) is 2. The SMILES string of the molecule is COc1cc(N)c(Cl)cc1C(=O)N[C@@H]1CCN(CCCC(c2ccc(F)cc2)c2ccc(F)cc2)C[C@@H]1OC.Cl. The number of rotatable bonds is 10. The minimum Gasteiger partial charge on any atom is -0.496 e. The van der Waals surface area contributed by atoms with Crippen LogP contribution in [0.5, 0.6) is 5.75 Å². The van der Waals surface area contributed by atoms with E-state index in [0.717, 1.165) is 37.1 Å². The Bertz CT molecular complexity index is 1220. The number of nitrogens with two attached hydrogens (primary N) is 1. The molecular weight excluding hydrogens is 559 g/mol. The van der Waals surface area contributed by atoms with Crippen LogP contribution in [0, 0.1) is 11.6 Å². The van der Waals surface area contributed by atoms with Crippen molar-refractivity contribution in [2.75, 3.05) is 39.6 Å². The molecule has 0 aromatic heterocycles. The molecule has 1 heterocycles. The summed E-state index contributed by atoms with van der Waals surface area (Å²) < 4.78 is 38.2. The van der Waals surface area contributed by atoms with Gasteiger partial charge in [-0.2, -0.15) is 0 Å². The van der Waals surface area contributed by atoms with E-state index in [2.05, 4.69) is 10.2 Å². The first-order chi connectivity index (χ1) is 18.8. The molecule has 1 fully saturated rings. The first kappa shape index (κ1) is 31.6. The average molecular weight is 595 g/mol. The second-order valence-electron chi connectivity index (χ2n) is 9.82. The Morgan fingerprint density at radius 3 is 2.23 bits per heavy atom. The number of ether oxygens (including phenoxy) is 2. The van der Waals surface area contributed by atoms with Gasteiger partial charge in [0, 0.05) is 32.2 Å². The number of likely N-dealkylation sites (tertiary alicyclic amines) is 1. The third-order valence-corrected chi connectivity index (χ3v) is 7.67. The molecule has 4 rings (SSSR count). The summed E-state index contributed by atoms with van der Waals surface area (Å²) in [6.07, 6.45) is 2.23. The zero-order chi connectivity index (χ0) is 27.9. The summed E-state index contributed by atoms with van der Waals surface area (Å²) in [5.41, 5.74) is 8.50. The largest absolute Gasteiger partial charge is 0.496 e. The number of halogens is 4. The zero-order valence-corrected chi connectivity index (χ0v) is 24.1. The molecule has 0 spiro atoms. The van der Waals surface area contributed by atoms with Crippen LogP contribution in [0.25, 0.3) is 0 Å². The third-order valence-electron chi connectivity index (χ3n) is 7.34. The van der Waals surface area contributed by atoms with Gasteiger partial charge in [-0.25, -0.2) is 8.78 Å². The smallest absolute Gasteiger partial charge is 0.255 e. The highest BCUT2D eigenvalue weighted by molar-refractivity contribution is 6.33. The van der Waals surface area contributed by atoms with E-state index in [1.54, 1.807) is 37.4 Å². The van der Waals surface area contributed by atoms with E-state index in [9.17, 15) is 13.6 Å². The van der Waals surface area contributed by atoms with Crippen LogP contribution >= 0.6 is 24.0 Å². The minimum atomic E-state index is -0.296. The predicted octanol–water partition coefficient (Wildman–Crippen LogP) is 6.06. The fourth-order valence-electron chi connectivity index (χ4n) is 5.18. The van der Waals surface area contributed by atoms with Crippen molar-refractivity contribution >= 4 is 35.6 Å². The molecule has 1 aliphatic rings. The lowest BCUT2D eigenvalue weighted by Crippen LogP contribution is -2.54. The number of anilines is 1. The second kappa shape index (κ2) is 14.6. The Morgan fingerprint density at radius 1 is 1.07 bits per heavy atom. The molecule has 216 valence electrons. The summed E-state index contributed by atoms with van der Waals surface area (Å²) >= 11 is 6.14. The van der Waals surface area contributed by atoms with Gasteiger partial charge in [0.05, 0.1) is 35.5 Å². The molecule has 0 aliphatic carbocycles. The molecule has 1 amide bonds. The highest BCUT2D eigenvalue weighted by Crippen LogP contribution is 2.31. The van der Waals surface area contributed by atoms with Gasteiger partial charge in [-0.1, -0.05) is 35.9 Å². The van der Waals surface area contributed by atoms with E-state index in [-0.39, 0.29) is 48.0 Å². The molecule has 6 nitrogen and oxygen atoms in total. The molecule has 1 saturated heterocycles. The highest BCUT2D eigenvalue weighted by Gasteiger charge is 2.31. The Hall–Kier alpha value is -2.91. The van der Waals surface area contributed by atoms with Crippen molar-refractivity contribution < 1.29 is 23.0 Å². The second-order valence-corrected chi connectivity index (χ2v) is 10.2. The van der Waals surface area contributed by atoms with E-state index >= 15 is 0 Å². The molecule has 3 N–H and O–H groups in total. The highest BCUT2D eigenvalue weighted by atomic mass is 35.5. The van der Waals surface area contributed by atoms with Crippen molar-refractivity contribution in [2.24, 2.45) is 0 Å². The maximum Gasteiger partial charge on any atom is 0.255 e. The van der Waals surface area contributed by atoms with E-state index in [4.69, 9.17) is 26.8 Å². The van der Waals surface area contributed by atoms with E-state index in [1.807, 2.05) is 0 Å². The van der Waals surface area contributed by atoms with Crippen LogP contribution in [0.3, 0.4) is 0 Å². The van der Waals surface area contributed by atoms with E-state index in [0.29, 0.717) is 35.0 Å². The molecule has 0 radical (unpaired) electrons. The molecule has 0 unspecified atom stereocenters. The fourth-order valence-corrected chi connectivity index (χ4v) is 5.35. The van der Waals surface area contributed by atoms with Crippen molar-refractivity contribution in [3.05, 3.63) is 94.0 Å². The summed E-state index contributed by atoms with van der Waals surface area (Å²) in [4.78, 5) is 15.4. The topological polar surface area (TPSA) is 76.8 Å². The van der Waals surface area contributed by atoms with Gasteiger partial charge in [0.1, 0.15) is 17.4 Å². The van der Waals surface area contributed by atoms with Gasteiger partial charge in [-0.15, -0.1) is 12.4 Å². The Morgan fingerprint density at radius 2 is 1.68 bits per heavy atom. The number of amides is 1. The van der Waals surface area contributed by atoms with Crippen molar-refractivity contribution in [1.82, 2.24) is 10.2 Å². The maximum absolute atomic E-state index is 13.5. The normalized spacial score (nSPS) is 17.4. The molecule has 0 bridgehead atoms. The number of carbonyl (C=O) groups is 1. The van der Waals surface area contributed by atoms with Crippen molar-refractivity contribution in [1.29, 1.82) is 0 Å². The molecule has 3 aromatic carbocycles. The predicted molar refractivity (Wildman–Crippen MR) is 157 cm³/mol. The van der Waals surface area contributed by atoms with E-state index in [1.165, 1.54) is 37.4 Å². The van der Waals surface area contributed by atoms with E-state index < -0.39 is 0 Å². The zero-order valence-electron chi connectivity index (χ0n) is 22.5. The number of benzene rings is 3. The molecule has 0 saturated carbocycles. The van der Waals surface area contributed by atoms with Crippen LogP contribution in [0.4, 0.5) is 14.5 Å². The van der Waals surface area contributed by atoms with Gasteiger partial charge in [-0.3, -0.25) is 4.79 Å². The van der Waals surface area contributed by atoms with Gasteiger partial charge in [-0.05, 0) is 67.3 Å². The van der Waals surface area contributed by atoms with Crippen LogP contribution in [0.2, 0.25) is 5.02 Å². The molecule has 2 atom stereocenters. The first-order valence-corrected chi connectivity index (χ1v) is 13.4. The summed E-state index contributed by atoms with van der Waals surface area (Å²) in [5.74, 6) is -0.471. The Kier molecular flexibility index (Phi) is 11.6. The molecule has 1 aliphatic heterocycles. The van der Waals surface area contributed by atoms with Gasteiger partial charge in [0.25, 0.3) is 5.91 Å². The summed E-state index contributed by atoms with van der Waals surface area (Å²) in [5, 5.41) is 3.36.